The zero-order valence-corrected chi connectivity index (χ0v) is 12.8. The van der Waals surface area contributed by atoms with Crippen LogP contribution in [0.15, 0.2) is 0 Å². The summed E-state index contributed by atoms with van der Waals surface area (Å²) in [6.45, 7) is 2.29. The van der Waals surface area contributed by atoms with E-state index in [4.69, 9.17) is 4.52 Å². The van der Waals surface area contributed by atoms with Crippen molar-refractivity contribution in [3.05, 3.63) is 0 Å². The first-order valence-electron chi connectivity index (χ1n) is 7.72. The number of hydrogen-bond donors (Lipinski definition) is 0. The molecule has 0 bridgehead atoms. The summed E-state index contributed by atoms with van der Waals surface area (Å²) in [5, 5.41) is 0. The van der Waals surface area contributed by atoms with E-state index in [1.54, 1.807) is 0 Å². The lowest BCUT2D eigenvalue weighted by molar-refractivity contribution is 0.149. The van der Waals surface area contributed by atoms with E-state index in [1.165, 1.54) is 77.0 Å². The molecule has 102 valence electrons. The zero-order chi connectivity index (χ0) is 12.3. The van der Waals surface area contributed by atoms with Crippen molar-refractivity contribution in [2.75, 3.05) is 0 Å². The minimum absolute atomic E-state index is 0.533. The van der Waals surface area contributed by atoms with Crippen LogP contribution in [0.5, 0.6) is 0 Å². The van der Waals surface area contributed by atoms with Crippen LogP contribution in [0, 0.1) is 5.92 Å². The predicted octanol–water partition coefficient (Wildman–Crippen LogP) is 5.49. The van der Waals surface area contributed by atoms with Gasteiger partial charge in [-0.25, -0.2) is 0 Å². The van der Waals surface area contributed by atoms with E-state index >= 15 is 0 Å². The highest BCUT2D eigenvalue weighted by Crippen LogP contribution is 2.30. The summed E-state index contributed by atoms with van der Waals surface area (Å²) in [7, 11) is 2.42. The van der Waals surface area contributed by atoms with Gasteiger partial charge in [-0.1, -0.05) is 58.3 Å². The molecule has 0 heterocycles. The Labute approximate surface area is 110 Å². The molecule has 1 saturated carbocycles. The zero-order valence-electron chi connectivity index (χ0n) is 11.6. The van der Waals surface area contributed by atoms with Crippen molar-refractivity contribution < 1.29 is 4.52 Å². The lowest BCUT2D eigenvalue weighted by Gasteiger charge is -2.27. The molecule has 1 unspecified atom stereocenters. The third-order valence-corrected chi connectivity index (χ3v) is 4.59. The van der Waals surface area contributed by atoms with Gasteiger partial charge >= 0.3 is 0 Å². The highest BCUT2D eigenvalue weighted by Gasteiger charge is 2.20. The number of rotatable bonds is 9. The third-order valence-electron chi connectivity index (χ3n) is 4.20. The van der Waals surface area contributed by atoms with Crippen LogP contribution in [-0.4, -0.2) is 6.10 Å². The van der Waals surface area contributed by atoms with Crippen LogP contribution in [0.2, 0.25) is 0 Å². The van der Waals surface area contributed by atoms with Crippen molar-refractivity contribution in [2.45, 2.75) is 90.1 Å². The molecule has 1 atom stereocenters. The Morgan fingerprint density at radius 3 is 2.06 bits per heavy atom. The second-order valence-electron chi connectivity index (χ2n) is 5.69. The highest BCUT2D eigenvalue weighted by atomic mass is 31.0. The van der Waals surface area contributed by atoms with E-state index in [2.05, 4.69) is 16.4 Å². The van der Waals surface area contributed by atoms with Gasteiger partial charge in [0.05, 0.1) is 6.10 Å². The smallest absolute Gasteiger partial charge is 0.0611 e. The van der Waals surface area contributed by atoms with Crippen LogP contribution in [0.4, 0.5) is 0 Å². The van der Waals surface area contributed by atoms with Gasteiger partial charge in [0, 0.05) is 9.47 Å². The summed E-state index contributed by atoms with van der Waals surface area (Å²) >= 11 is 0. The molecule has 0 N–H and O–H groups in total. The monoisotopic (exact) mass is 258 g/mol. The molecular formula is C15H31OP. The Morgan fingerprint density at radius 1 is 0.882 bits per heavy atom. The minimum Gasteiger partial charge on any atom is -0.362 e. The Hall–Kier alpha value is 0.390. The molecule has 0 aromatic carbocycles. The van der Waals surface area contributed by atoms with E-state index < -0.39 is 0 Å². The average molecular weight is 258 g/mol. The predicted molar refractivity (Wildman–Crippen MR) is 79.2 cm³/mol. The molecule has 1 aliphatic rings. The van der Waals surface area contributed by atoms with Gasteiger partial charge in [-0.15, -0.1) is 0 Å². The molecule has 0 amide bonds. The van der Waals surface area contributed by atoms with Crippen LogP contribution >= 0.6 is 9.47 Å². The first-order valence-corrected chi connectivity index (χ1v) is 8.19. The maximum absolute atomic E-state index is 5.34. The SMILES string of the molecule is CCCCCCCCCC1CCC(OP)CC1. The molecule has 0 radical (unpaired) electrons. The summed E-state index contributed by atoms with van der Waals surface area (Å²) in [5.74, 6) is 1.00. The number of hydrogen-bond acceptors (Lipinski definition) is 1. The van der Waals surface area contributed by atoms with Crippen LogP contribution in [-0.2, 0) is 4.52 Å². The second kappa shape index (κ2) is 10.3. The van der Waals surface area contributed by atoms with Crippen LogP contribution in [0.1, 0.15) is 84.0 Å². The lowest BCUT2D eigenvalue weighted by Crippen LogP contribution is -2.18. The van der Waals surface area contributed by atoms with Crippen molar-refractivity contribution in [1.29, 1.82) is 0 Å². The molecule has 1 fully saturated rings. The Bertz CT molecular complexity index is 164. The summed E-state index contributed by atoms with van der Waals surface area (Å²) in [5.41, 5.74) is 0. The molecule has 0 aromatic rings. The van der Waals surface area contributed by atoms with Gasteiger partial charge in [-0.3, -0.25) is 0 Å². The van der Waals surface area contributed by atoms with Gasteiger partial charge in [0.1, 0.15) is 0 Å². The fourth-order valence-corrected chi connectivity index (χ4v) is 3.22. The molecule has 1 aliphatic carbocycles. The molecule has 2 heteroatoms. The van der Waals surface area contributed by atoms with Crippen LogP contribution < -0.4 is 0 Å². The minimum atomic E-state index is 0.533. The van der Waals surface area contributed by atoms with Crippen LogP contribution in [0.3, 0.4) is 0 Å². The van der Waals surface area contributed by atoms with E-state index in [-0.39, 0.29) is 0 Å². The van der Waals surface area contributed by atoms with Crippen molar-refractivity contribution >= 4 is 9.47 Å². The molecule has 0 spiro atoms. The van der Waals surface area contributed by atoms with E-state index in [9.17, 15) is 0 Å². The molecular weight excluding hydrogens is 227 g/mol. The first-order chi connectivity index (χ1) is 8.36. The topological polar surface area (TPSA) is 9.23 Å². The van der Waals surface area contributed by atoms with Gasteiger partial charge in [-0.05, 0) is 31.6 Å². The molecule has 1 nitrogen and oxygen atoms in total. The molecule has 0 aliphatic heterocycles. The van der Waals surface area contributed by atoms with Crippen molar-refractivity contribution in [3.63, 3.8) is 0 Å². The van der Waals surface area contributed by atoms with E-state index in [0.717, 1.165) is 5.92 Å². The van der Waals surface area contributed by atoms with E-state index in [0.29, 0.717) is 6.10 Å². The normalized spacial score (nSPS) is 25.1. The van der Waals surface area contributed by atoms with Crippen molar-refractivity contribution in [2.24, 2.45) is 5.92 Å². The summed E-state index contributed by atoms with van der Waals surface area (Å²) in [6.07, 6.45) is 17.5. The Balaban J connectivity index is 1.87. The van der Waals surface area contributed by atoms with Crippen LogP contribution in [0.25, 0.3) is 0 Å². The Morgan fingerprint density at radius 2 is 1.47 bits per heavy atom. The molecule has 0 aromatic heterocycles. The largest absolute Gasteiger partial charge is 0.362 e. The maximum atomic E-state index is 5.34. The molecule has 1 rings (SSSR count). The fourth-order valence-electron chi connectivity index (χ4n) is 2.95. The molecule has 0 saturated heterocycles. The maximum Gasteiger partial charge on any atom is 0.0611 e. The van der Waals surface area contributed by atoms with Crippen molar-refractivity contribution in [1.82, 2.24) is 0 Å². The Kier molecular flexibility index (Phi) is 9.38. The quantitative estimate of drug-likeness (QED) is 0.392. The van der Waals surface area contributed by atoms with E-state index in [1.807, 2.05) is 0 Å². The summed E-state index contributed by atoms with van der Waals surface area (Å²) in [6, 6.07) is 0. The summed E-state index contributed by atoms with van der Waals surface area (Å²) < 4.78 is 5.34. The van der Waals surface area contributed by atoms with Gasteiger partial charge in [0.15, 0.2) is 0 Å². The second-order valence-corrected chi connectivity index (χ2v) is 5.96. The average Bonchev–Trinajstić information content (AvgIpc) is 2.38. The van der Waals surface area contributed by atoms with Gasteiger partial charge < -0.3 is 4.52 Å². The van der Waals surface area contributed by atoms with Gasteiger partial charge in [-0.2, -0.15) is 0 Å². The number of unbranched alkanes of at least 4 members (excludes halogenated alkanes) is 6. The third kappa shape index (κ3) is 7.42. The van der Waals surface area contributed by atoms with Gasteiger partial charge in [0.2, 0.25) is 0 Å². The lowest BCUT2D eigenvalue weighted by atomic mass is 9.84. The fraction of sp³-hybridized carbons (Fsp3) is 1.00. The molecule has 17 heavy (non-hydrogen) atoms. The highest BCUT2D eigenvalue weighted by molar-refractivity contribution is 7.09. The van der Waals surface area contributed by atoms with Crippen molar-refractivity contribution in [3.8, 4) is 0 Å². The summed E-state index contributed by atoms with van der Waals surface area (Å²) in [4.78, 5) is 0. The first kappa shape index (κ1) is 15.4. The van der Waals surface area contributed by atoms with Gasteiger partial charge in [0.25, 0.3) is 0 Å². The standard InChI is InChI=1S/C15H31OP/c1-2-3-4-5-6-7-8-9-14-10-12-15(16-17)13-11-14/h14-15H,2-13,17H2,1H3.